The molecule has 0 spiro atoms. The summed E-state index contributed by atoms with van der Waals surface area (Å²) in [5, 5.41) is 4.95. The van der Waals surface area contributed by atoms with Gasteiger partial charge in [0.25, 0.3) is 0 Å². The Morgan fingerprint density at radius 2 is 2.25 bits per heavy atom. The van der Waals surface area contributed by atoms with Crippen molar-refractivity contribution >= 4 is 26.9 Å². The molecule has 4 rings (SSSR count). The van der Waals surface area contributed by atoms with E-state index in [0.29, 0.717) is 12.1 Å². The standard InChI is InChI=1S/C13H12BrNO/c14-7-1-4-11-9(5-7)13-10-3-2-8(15-10)6-12(13)16-11/h1,4-5,8,10,15H,2-3,6H2. The normalized spacial score (nSPS) is 27.3. The second kappa shape index (κ2) is 3.11. The molecular formula is C13H12BrNO. The van der Waals surface area contributed by atoms with Crippen molar-refractivity contribution in [2.45, 2.75) is 31.3 Å². The Morgan fingerprint density at radius 1 is 1.31 bits per heavy atom. The number of fused-ring (bicyclic) bond motifs is 6. The lowest BCUT2D eigenvalue weighted by Crippen LogP contribution is -2.30. The Kier molecular flexibility index (Phi) is 1.80. The lowest BCUT2D eigenvalue weighted by molar-refractivity contribution is 0.441. The molecule has 2 aliphatic heterocycles. The van der Waals surface area contributed by atoms with Crippen LogP contribution in [0.25, 0.3) is 11.0 Å². The molecule has 2 unspecified atom stereocenters. The van der Waals surface area contributed by atoms with E-state index in [1.165, 1.54) is 29.6 Å². The summed E-state index contributed by atoms with van der Waals surface area (Å²) in [7, 11) is 0. The molecule has 82 valence electrons. The van der Waals surface area contributed by atoms with Crippen molar-refractivity contribution in [2.24, 2.45) is 0 Å². The molecule has 3 heterocycles. The number of hydrogen-bond donors (Lipinski definition) is 1. The molecule has 1 N–H and O–H groups in total. The van der Waals surface area contributed by atoms with Gasteiger partial charge in [-0.05, 0) is 31.0 Å². The zero-order valence-electron chi connectivity index (χ0n) is 8.79. The quantitative estimate of drug-likeness (QED) is 0.797. The minimum atomic E-state index is 0.518. The zero-order chi connectivity index (χ0) is 10.7. The van der Waals surface area contributed by atoms with Gasteiger partial charge in [-0.2, -0.15) is 0 Å². The van der Waals surface area contributed by atoms with Crippen molar-refractivity contribution in [3.05, 3.63) is 34.0 Å². The van der Waals surface area contributed by atoms with Crippen LogP contribution in [0, 0.1) is 0 Å². The van der Waals surface area contributed by atoms with Crippen molar-refractivity contribution in [1.29, 1.82) is 0 Å². The Morgan fingerprint density at radius 3 is 3.19 bits per heavy atom. The number of furan rings is 1. The molecule has 0 radical (unpaired) electrons. The summed E-state index contributed by atoms with van der Waals surface area (Å²) in [6.45, 7) is 0. The first-order valence-corrected chi connectivity index (χ1v) is 6.57. The molecule has 1 saturated heterocycles. The van der Waals surface area contributed by atoms with Gasteiger partial charge in [0.2, 0.25) is 0 Å². The monoisotopic (exact) mass is 277 g/mol. The smallest absolute Gasteiger partial charge is 0.134 e. The summed E-state index contributed by atoms with van der Waals surface area (Å²) < 4.78 is 7.09. The summed E-state index contributed by atoms with van der Waals surface area (Å²) in [6.07, 6.45) is 3.58. The van der Waals surface area contributed by atoms with Gasteiger partial charge in [-0.25, -0.2) is 0 Å². The first-order valence-electron chi connectivity index (χ1n) is 5.78. The van der Waals surface area contributed by atoms with E-state index >= 15 is 0 Å². The molecular weight excluding hydrogens is 266 g/mol. The summed E-state index contributed by atoms with van der Waals surface area (Å²) >= 11 is 3.54. The fourth-order valence-corrected chi connectivity index (χ4v) is 3.47. The highest BCUT2D eigenvalue weighted by molar-refractivity contribution is 9.10. The summed E-state index contributed by atoms with van der Waals surface area (Å²) in [5.41, 5.74) is 2.44. The fraction of sp³-hybridized carbons (Fsp3) is 0.385. The average molecular weight is 278 g/mol. The molecule has 2 aliphatic rings. The van der Waals surface area contributed by atoms with Gasteiger partial charge in [-0.1, -0.05) is 15.9 Å². The van der Waals surface area contributed by atoms with E-state index in [1.54, 1.807) is 0 Å². The highest BCUT2D eigenvalue weighted by atomic mass is 79.9. The number of rotatable bonds is 0. The molecule has 0 aliphatic carbocycles. The third-order valence-electron chi connectivity index (χ3n) is 3.79. The van der Waals surface area contributed by atoms with Crippen LogP contribution in [-0.4, -0.2) is 6.04 Å². The van der Waals surface area contributed by atoms with Gasteiger partial charge in [0.05, 0.1) is 0 Å². The van der Waals surface area contributed by atoms with Gasteiger partial charge in [0, 0.05) is 33.9 Å². The van der Waals surface area contributed by atoms with E-state index in [2.05, 4.69) is 33.4 Å². The van der Waals surface area contributed by atoms with Crippen molar-refractivity contribution < 1.29 is 4.42 Å². The first-order chi connectivity index (χ1) is 7.81. The summed E-state index contributed by atoms with van der Waals surface area (Å²) in [6, 6.07) is 7.44. The summed E-state index contributed by atoms with van der Waals surface area (Å²) in [4.78, 5) is 0. The number of nitrogens with one attached hydrogen (secondary N) is 1. The van der Waals surface area contributed by atoms with Crippen LogP contribution in [0.3, 0.4) is 0 Å². The highest BCUT2D eigenvalue weighted by Crippen LogP contribution is 2.42. The maximum absolute atomic E-state index is 5.97. The minimum Gasteiger partial charge on any atom is -0.461 e. The third-order valence-corrected chi connectivity index (χ3v) is 4.28. The van der Waals surface area contributed by atoms with Gasteiger partial charge in [-0.3, -0.25) is 0 Å². The van der Waals surface area contributed by atoms with E-state index in [0.717, 1.165) is 16.5 Å². The van der Waals surface area contributed by atoms with Crippen LogP contribution in [0.15, 0.2) is 27.1 Å². The first kappa shape index (κ1) is 9.25. The largest absolute Gasteiger partial charge is 0.461 e. The van der Waals surface area contributed by atoms with Gasteiger partial charge < -0.3 is 9.73 Å². The molecule has 16 heavy (non-hydrogen) atoms. The molecule has 1 aromatic carbocycles. The number of halogens is 1. The SMILES string of the molecule is Brc1ccc2oc3c(c2c1)C1CCC(C3)N1. The molecule has 2 bridgehead atoms. The van der Waals surface area contributed by atoms with Crippen molar-refractivity contribution in [3.63, 3.8) is 0 Å². The Balaban J connectivity index is 2.03. The second-order valence-electron chi connectivity index (χ2n) is 4.78. The van der Waals surface area contributed by atoms with Crippen LogP contribution < -0.4 is 5.32 Å². The van der Waals surface area contributed by atoms with Gasteiger partial charge in [0.15, 0.2) is 0 Å². The molecule has 3 heteroatoms. The van der Waals surface area contributed by atoms with Crippen LogP contribution in [0.4, 0.5) is 0 Å². The third kappa shape index (κ3) is 1.16. The summed E-state index contributed by atoms with van der Waals surface area (Å²) in [5.74, 6) is 1.21. The van der Waals surface area contributed by atoms with Gasteiger partial charge >= 0.3 is 0 Å². The predicted molar refractivity (Wildman–Crippen MR) is 66.5 cm³/mol. The highest BCUT2D eigenvalue weighted by Gasteiger charge is 2.35. The minimum absolute atomic E-state index is 0.518. The van der Waals surface area contributed by atoms with E-state index in [-0.39, 0.29) is 0 Å². The molecule has 2 aromatic rings. The average Bonchev–Trinajstić information content (AvgIpc) is 2.81. The number of benzene rings is 1. The van der Waals surface area contributed by atoms with Crippen LogP contribution in [0.2, 0.25) is 0 Å². The number of hydrogen-bond acceptors (Lipinski definition) is 2. The lowest BCUT2D eigenvalue weighted by Gasteiger charge is -2.20. The van der Waals surface area contributed by atoms with Crippen molar-refractivity contribution in [1.82, 2.24) is 5.32 Å². The van der Waals surface area contributed by atoms with E-state index in [1.807, 2.05) is 6.07 Å². The maximum atomic E-state index is 5.97. The lowest BCUT2D eigenvalue weighted by atomic mass is 9.99. The molecule has 0 amide bonds. The topological polar surface area (TPSA) is 25.2 Å². The Bertz CT molecular complexity index is 575. The fourth-order valence-electron chi connectivity index (χ4n) is 3.10. The van der Waals surface area contributed by atoms with E-state index in [4.69, 9.17) is 4.42 Å². The van der Waals surface area contributed by atoms with E-state index in [9.17, 15) is 0 Å². The van der Waals surface area contributed by atoms with Crippen molar-refractivity contribution in [2.75, 3.05) is 0 Å². The van der Waals surface area contributed by atoms with E-state index < -0.39 is 0 Å². The van der Waals surface area contributed by atoms with Crippen LogP contribution >= 0.6 is 15.9 Å². The van der Waals surface area contributed by atoms with Gasteiger partial charge in [-0.15, -0.1) is 0 Å². The van der Waals surface area contributed by atoms with Crippen LogP contribution in [0.5, 0.6) is 0 Å². The zero-order valence-corrected chi connectivity index (χ0v) is 10.4. The van der Waals surface area contributed by atoms with Crippen molar-refractivity contribution in [3.8, 4) is 0 Å². The van der Waals surface area contributed by atoms with Gasteiger partial charge in [0.1, 0.15) is 11.3 Å². The Hall–Kier alpha value is -0.800. The van der Waals surface area contributed by atoms with Crippen LogP contribution in [0.1, 0.15) is 30.2 Å². The predicted octanol–water partition coefficient (Wildman–Crippen LogP) is 3.54. The molecule has 2 atom stereocenters. The Labute approximate surface area is 102 Å². The molecule has 1 fully saturated rings. The van der Waals surface area contributed by atoms with Crippen LogP contribution in [-0.2, 0) is 6.42 Å². The second-order valence-corrected chi connectivity index (χ2v) is 5.69. The molecule has 1 aromatic heterocycles. The maximum Gasteiger partial charge on any atom is 0.134 e. The molecule has 2 nitrogen and oxygen atoms in total. The molecule has 0 saturated carbocycles.